The Bertz CT molecular complexity index is 279. The fourth-order valence-electron chi connectivity index (χ4n) is 0.648. The van der Waals surface area contributed by atoms with E-state index >= 15 is 0 Å². The number of esters is 1. The van der Waals surface area contributed by atoms with Crippen LogP contribution < -0.4 is 5.73 Å². The van der Waals surface area contributed by atoms with Gasteiger partial charge in [-0.25, -0.2) is 4.79 Å². The zero-order valence-electron chi connectivity index (χ0n) is 7.02. The van der Waals surface area contributed by atoms with E-state index in [0.29, 0.717) is 13.0 Å². The summed E-state index contributed by atoms with van der Waals surface area (Å²) in [5.74, 6) is -0.448. The van der Waals surface area contributed by atoms with E-state index in [1.54, 1.807) is 0 Å². The van der Waals surface area contributed by atoms with Crippen LogP contribution in [0.1, 0.15) is 14.8 Å². The number of nitrogens with zero attached hydrogens (tertiary/aromatic N) is 2. The van der Waals surface area contributed by atoms with Crippen molar-refractivity contribution in [1.29, 1.82) is 0 Å². The van der Waals surface area contributed by atoms with Crippen molar-refractivity contribution in [3.8, 4) is 0 Å². The van der Waals surface area contributed by atoms with Crippen LogP contribution in [0.3, 0.4) is 0 Å². The highest BCUT2D eigenvalue weighted by atomic mass is 35.5. The first-order chi connectivity index (χ1) is 5.77. The molecule has 2 N–H and O–H groups in total. The standard InChI is InChI=1S/C6H9N3O2S.ClH/c1-11-6(10)5-9-8-4(12-5)2-3-7;/h2-3,7H2,1H3;1H. The number of carbonyl (C=O) groups excluding carboxylic acids is 1. The fraction of sp³-hybridized carbons (Fsp3) is 0.500. The SMILES string of the molecule is COC(=O)c1nnc(CCN)s1.Cl. The normalized spacial score (nSPS) is 9.08. The number of halogens is 1. The van der Waals surface area contributed by atoms with Crippen LogP contribution in [-0.4, -0.2) is 29.8 Å². The summed E-state index contributed by atoms with van der Waals surface area (Å²) in [5.41, 5.74) is 5.30. The lowest BCUT2D eigenvalue weighted by Gasteiger charge is -1.89. The van der Waals surface area contributed by atoms with E-state index in [0.717, 1.165) is 5.01 Å². The highest BCUT2D eigenvalue weighted by molar-refractivity contribution is 7.13. The summed E-state index contributed by atoms with van der Waals surface area (Å²) in [5, 5.41) is 8.45. The molecule has 0 bridgehead atoms. The second kappa shape index (κ2) is 5.85. The Labute approximate surface area is 85.7 Å². The highest BCUT2D eigenvalue weighted by Gasteiger charge is 2.11. The van der Waals surface area contributed by atoms with Crippen molar-refractivity contribution in [3.05, 3.63) is 10.0 Å². The number of hydrogen-bond acceptors (Lipinski definition) is 6. The molecule has 1 aromatic rings. The highest BCUT2D eigenvalue weighted by Crippen LogP contribution is 2.10. The van der Waals surface area contributed by atoms with Gasteiger partial charge in [0.25, 0.3) is 0 Å². The van der Waals surface area contributed by atoms with E-state index in [1.807, 2.05) is 0 Å². The molecular weight excluding hydrogens is 214 g/mol. The monoisotopic (exact) mass is 223 g/mol. The van der Waals surface area contributed by atoms with Gasteiger partial charge in [-0.2, -0.15) is 0 Å². The molecule has 1 rings (SSSR count). The van der Waals surface area contributed by atoms with Crippen LogP contribution in [0.2, 0.25) is 0 Å². The molecule has 74 valence electrons. The number of hydrogen-bond donors (Lipinski definition) is 1. The first-order valence-corrected chi connectivity index (χ1v) is 4.20. The topological polar surface area (TPSA) is 78.1 Å². The third kappa shape index (κ3) is 3.25. The van der Waals surface area contributed by atoms with Crippen LogP contribution in [0.25, 0.3) is 0 Å². The molecule has 13 heavy (non-hydrogen) atoms. The minimum atomic E-state index is -0.448. The summed E-state index contributed by atoms with van der Waals surface area (Å²) in [6.07, 6.45) is 0.647. The Morgan fingerprint density at radius 2 is 2.31 bits per heavy atom. The van der Waals surface area contributed by atoms with E-state index < -0.39 is 5.97 Å². The van der Waals surface area contributed by atoms with Gasteiger partial charge < -0.3 is 10.5 Å². The zero-order valence-corrected chi connectivity index (χ0v) is 8.65. The molecule has 0 aliphatic heterocycles. The second-order valence-corrected chi connectivity index (χ2v) is 3.09. The molecule has 0 unspecified atom stereocenters. The van der Waals surface area contributed by atoms with Crippen LogP contribution >= 0.6 is 23.7 Å². The molecule has 0 amide bonds. The number of carbonyl (C=O) groups is 1. The van der Waals surface area contributed by atoms with Gasteiger partial charge >= 0.3 is 5.97 Å². The lowest BCUT2D eigenvalue weighted by molar-refractivity contribution is 0.0599. The summed E-state index contributed by atoms with van der Waals surface area (Å²) in [4.78, 5) is 10.9. The number of rotatable bonds is 3. The van der Waals surface area contributed by atoms with Crippen LogP contribution in [0, 0.1) is 0 Å². The van der Waals surface area contributed by atoms with Gasteiger partial charge in [0.1, 0.15) is 5.01 Å². The van der Waals surface area contributed by atoms with Gasteiger partial charge in [-0.05, 0) is 6.54 Å². The van der Waals surface area contributed by atoms with E-state index in [4.69, 9.17) is 5.73 Å². The van der Waals surface area contributed by atoms with E-state index in [1.165, 1.54) is 18.4 Å². The predicted octanol–water partition coefficient (Wildman–Crippen LogP) is 0.248. The number of ether oxygens (including phenoxy) is 1. The van der Waals surface area contributed by atoms with Crippen LogP contribution in [0.4, 0.5) is 0 Å². The van der Waals surface area contributed by atoms with E-state index in [-0.39, 0.29) is 17.4 Å². The van der Waals surface area contributed by atoms with Gasteiger partial charge in [0.05, 0.1) is 7.11 Å². The summed E-state index contributed by atoms with van der Waals surface area (Å²) in [7, 11) is 1.31. The van der Waals surface area contributed by atoms with Crippen LogP contribution in [0.15, 0.2) is 0 Å². The molecule has 1 heterocycles. The molecule has 0 atom stereocenters. The maximum Gasteiger partial charge on any atom is 0.369 e. The van der Waals surface area contributed by atoms with E-state index in [9.17, 15) is 4.79 Å². The smallest absolute Gasteiger partial charge is 0.369 e. The molecular formula is C6H10ClN3O2S. The second-order valence-electron chi connectivity index (χ2n) is 2.03. The molecule has 0 aliphatic carbocycles. The van der Waals surface area contributed by atoms with Crippen molar-refractivity contribution in [3.63, 3.8) is 0 Å². The average Bonchev–Trinajstić information content (AvgIpc) is 2.52. The molecule has 0 fully saturated rings. The van der Waals surface area contributed by atoms with Gasteiger partial charge in [0.2, 0.25) is 5.01 Å². The molecule has 5 nitrogen and oxygen atoms in total. The summed E-state index contributed by atoms with van der Waals surface area (Å²) in [6, 6.07) is 0. The number of nitrogens with two attached hydrogens (primary N) is 1. The van der Waals surface area contributed by atoms with Gasteiger partial charge in [-0.15, -0.1) is 22.6 Å². The minimum absolute atomic E-state index is 0. The number of methoxy groups -OCH3 is 1. The summed E-state index contributed by atoms with van der Waals surface area (Å²) < 4.78 is 4.47. The fourth-order valence-corrected chi connectivity index (χ4v) is 1.42. The average molecular weight is 224 g/mol. The van der Waals surface area contributed by atoms with Crippen molar-refractivity contribution in [2.24, 2.45) is 5.73 Å². The van der Waals surface area contributed by atoms with Crippen molar-refractivity contribution in [2.75, 3.05) is 13.7 Å². The van der Waals surface area contributed by atoms with Crippen LogP contribution in [-0.2, 0) is 11.2 Å². The largest absolute Gasteiger partial charge is 0.464 e. The number of aromatic nitrogens is 2. The Kier molecular flexibility index (Phi) is 5.52. The summed E-state index contributed by atoms with van der Waals surface area (Å²) >= 11 is 1.21. The Morgan fingerprint density at radius 1 is 1.62 bits per heavy atom. The Morgan fingerprint density at radius 3 is 2.85 bits per heavy atom. The molecule has 0 saturated carbocycles. The minimum Gasteiger partial charge on any atom is -0.464 e. The quantitative estimate of drug-likeness (QED) is 0.744. The van der Waals surface area contributed by atoms with Gasteiger partial charge in [0, 0.05) is 6.42 Å². The third-order valence-corrected chi connectivity index (χ3v) is 2.15. The third-order valence-electron chi connectivity index (χ3n) is 1.19. The van der Waals surface area contributed by atoms with Gasteiger partial charge in [-0.3, -0.25) is 0 Å². The molecule has 0 radical (unpaired) electrons. The molecule has 0 aliphatic rings. The van der Waals surface area contributed by atoms with E-state index in [2.05, 4.69) is 14.9 Å². The molecule has 7 heteroatoms. The van der Waals surface area contributed by atoms with Crippen molar-refractivity contribution < 1.29 is 9.53 Å². The molecule has 0 aromatic carbocycles. The summed E-state index contributed by atoms with van der Waals surface area (Å²) in [6.45, 7) is 0.510. The van der Waals surface area contributed by atoms with Gasteiger partial charge in [-0.1, -0.05) is 11.3 Å². The van der Waals surface area contributed by atoms with Crippen molar-refractivity contribution >= 4 is 29.7 Å². The Hall–Kier alpha value is -0.720. The first-order valence-electron chi connectivity index (χ1n) is 3.38. The van der Waals surface area contributed by atoms with Crippen molar-refractivity contribution in [1.82, 2.24) is 10.2 Å². The first kappa shape index (κ1) is 12.3. The lowest BCUT2D eigenvalue weighted by Crippen LogP contribution is -2.01. The van der Waals surface area contributed by atoms with Crippen LogP contribution in [0.5, 0.6) is 0 Å². The maximum atomic E-state index is 10.9. The Balaban J connectivity index is 0.00000144. The zero-order chi connectivity index (χ0) is 8.97. The molecule has 0 saturated heterocycles. The maximum absolute atomic E-state index is 10.9. The lowest BCUT2D eigenvalue weighted by atomic mass is 10.5. The molecule has 0 spiro atoms. The predicted molar refractivity (Wildman–Crippen MR) is 51.3 cm³/mol. The van der Waals surface area contributed by atoms with Crippen molar-refractivity contribution in [2.45, 2.75) is 6.42 Å². The van der Waals surface area contributed by atoms with Gasteiger partial charge in [0.15, 0.2) is 0 Å². The molecule has 1 aromatic heterocycles.